The Morgan fingerprint density at radius 3 is 2.34 bits per heavy atom. The standard InChI is InChI=1S/C25H23N5O5/c1-2-29-21(25(34)28-10-12-35-13-11-28)20(15-26-29)27-22(31)16-6-5-7-17(14-16)30-23(32)18-8-3-4-9-19(18)24(30)33/h3-9,14-15H,2,10-13H2,1H3,(H,27,31). The number of aryl methyl sites for hydroxylation is 1. The van der Waals surface area contributed by atoms with Gasteiger partial charge in [-0.15, -0.1) is 0 Å². The molecule has 35 heavy (non-hydrogen) atoms. The first-order chi connectivity index (χ1) is 17.0. The zero-order valence-electron chi connectivity index (χ0n) is 19.1. The van der Waals surface area contributed by atoms with Gasteiger partial charge in [0.1, 0.15) is 5.69 Å². The van der Waals surface area contributed by atoms with Gasteiger partial charge in [0.05, 0.1) is 41.9 Å². The van der Waals surface area contributed by atoms with E-state index in [4.69, 9.17) is 4.74 Å². The van der Waals surface area contributed by atoms with Gasteiger partial charge in [0.25, 0.3) is 23.6 Å². The van der Waals surface area contributed by atoms with Crippen molar-refractivity contribution in [2.45, 2.75) is 13.5 Å². The smallest absolute Gasteiger partial charge is 0.274 e. The van der Waals surface area contributed by atoms with Crippen LogP contribution in [0.5, 0.6) is 0 Å². The predicted molar refractivity (Wildman–Crippen MR) is 127 cm³/mol. The third kappa shape index (κ3) is 3.97. The van der Waals surface area contributed by atoms with E-state index < -0.39 is 17.7 Å². The van der Waals surface area contributed by atoms with Crippen LogP contribution in [0.2, 0.25) is 0 Å². The molecule has 0 saturated carbocycles. The minimum atomic E-state index is -0.491. The van der Waals surface area contributed by atoms with E-state index in [0.29, 0.717) is 55.4 Å². The molecular weight excluding hydrogens is 450 g/mol. The molecular formula is C25H23N5O5. The highest BCUT2D eigenvalue weighted by molar-refractivity contribution is 6.34. The first kappa shape index (κ1) is 22.5. The third-order valence-corrected chi connectivity index (χ3v) is 6.05. The number of fused-ring (bicyclic) bond motifs is 1. The van der Waals surface area contributed by atoms with E-state index in [2.05, 4.69) is 10.4 Å². The van der Waals surface area contributed by atoms with Crippen molar-refractivity contribution in [1.82, 2.24) is 14.7 Å². The number of hydrogen-bond acceptors (Lipinski definition) is 6. The van der Waals surface area contributed by atoms with E-state index in [1.807, 2.05) is 6.92 Å². The average Bonchev–Trinajstić information content (AvgIpc) is 3.42. The topological polar surface area (TPSA) is 114 Å². The third-order valence-electron chi connectivity index (χ3n) is 6.05. The molecule has 0 aliphatic carbocycles. The van der Waals surface area contributed by atoms with Crippen molar-refractivity contribution in [3.63, 3.8) is 0 Å². The lowest BCUT2D eigenvalue weighted by molar-refractivity contribution is 0.0295. The fourth-order valence-electron chi connectivity index (χ4n) is 4.26. The van der Waals surface area contributed by atoms with Crippen LogP contribution in [-0.4, -0.2) is 64.6 Å². The summed E-state index contributed by atoms with van der Waals surface area (Å²) >= 11 is 0. The molecule has 1 aromatic heterocycles. The van der Waals surface area contributed by atoms with Gasteiger partial charge in [-0.2, -0.15) is 5.10 Å². The lowest BCUT2D eigenvalue weighted by Gasteiger charge is -2.27. The number of aromatic nitrogens is 2. The maximum Gasteiger partial charge on any atom is 0.274 e. The lowest BCUT2D eigenvalue weighted by atomic mass is 10.1. The monoisotopic (exact) mass is 473 g/mol. The second kappa shape index (κ2) is 9.15. The Hall–Kier alpha value is -4.31. The molecule has 2 aliphatic heterocycles. The van der Waals surface area contributed by atoms with Crippen molar-refractivity contribution < 1.29 is 23.9 Å². The van der Waals surface area contributed by atoms with Gasteiger partial charge < -0.3 is 15.0 Å². The maximum absolute atomic E-state index is 13.2. The number of imide groups is 1. The molecule has 1 fully saturated rings. The molecule has 0 unspecified atom stereocenters. The molecule has 0 bridgehead atoms. The number of carbonyl (C=O) groups excluding carboxylic acids is 4. The van der Waals surface area contributed by atoms with Gasteiger partial charge in [-0.05, 0) is 37.3 Å². The second-order valence-corrected chi connectivity index (χ2v) is 8.12. The molecule has 0 spiro atoms. The number of morpholine rings is 1. The number of carbonyl (C=O) groups is 4. The Kier molecular flexibility index (Phi) is 5.87. The number of amides is 4. The lowest BCUT2D eigenvalue weighted by Crippen LogP contribution is -2.41. The fourth-order valence-corrected chi connectivity index (χ4v) is 4.26. The Labute approximate surface area is 201 Å². The Balaban J connectivity index is 1.40. The van der Waals surface area contributed by atoms with E-state index in [-0.39, 0.29) is 17.2 Å². The van der Waals surface area contributed by atoms with Crippen LogP contribution in [0.1, 0.15) is 48.5 Å². The van der Waals surface area contributed by atoms with E-state index in [0.717, 1.165) is 4.90 Å². The number of ether oxygens (including phenoxy) is 1. The molecule has 3 aromatic rings. The normalized spacial score (nSPS) is 15.3. The van der Waals surface area contributed by atoms with Crippen LogP contribution in [0, 0.1) is 0 Å². The quantitative estimate of drug-likeness (QED) is 0.570. The number of nitrogens with one attached hydrogen (secondary N) is 1. The molecule has 1 N–H and O–H groups in total. The summed E-state index contributed by atoms with van der Waals surface area (Å²) in [5.41, 5.74) is 1.75. The number of hydrogen-bond donors (Lipinski definition) is 1. The van der Waals surface area contributed by atoms with Gasteiger partial charge in [-0.25, -0.2) is 4.90 Å². The fraction of sp³-hybridized carbons (Fsp3) is 0.240. The van der Waals surface area contributed by atoms with Gasteiger partial charge >= 0.3 is 0 Å². The van der Waals surface area contributed by atoms with E-state index in [9.17, 15) is 19.2 Å². The molecule has 3 heterocycles. The summed E-state index contributed by atoms with van der Waals surface area (Å²) < 4.78 is 6.87. The summed E-state index contributed by atoms with van der Waals surface area (Å²) in [7, 11) is 0. The molecule has 0 atom stereocenters. The van der Waals surface area contributed by atoms with Gasteiger partial charge in [-0.1, -0.05) is 18.2 Å². The van der Waals surface area contributed by atoms with Gasteiger partial charge in [-0.3, -0.25) is 23.9 Å². The first-order valence-corrected chi connectivity index (χ1v) is 11.3. The molecule has 0 radical (unpaired) electrons. The number of rotatable bonds is 5. The molecule has 5 rings (SSSR count). The van der Waals surface area contributed by atoms with Crippen LogP contribution < -0.4 is 10.2 Å². The summed E-state index contributed by atoms with van der Waals surface area (Å²) in [5.74, 6) is -1.60. The van der Waals surface area contributed by atoms with Crippen LogP contribution in [0.3, 0.4) is 0 Å². The predicted octanol–water partition coefficient (Wildman–Crippen LogP) is 2.43. The van der Waals surface area contributed by atoms with Crippen LogP contribution in [-0.2, 0) is 11.3 Å². The molecule has 1 saturated heterocycles. The Morgan fingerprint density at radius 2 is 1.69 bits per heavy atom. The van der Waals surface area contributed by atoms with E-state index >= 15 is 0 Å². The highest BCUT2D eigenvalue weighted by Crippen LogP contribution is 2.29. The van der Waals surface area contributed by atoms with Gasteiger partial charge in [0.2, 0.25) is 0 Å². The number of benzene rings is 2. The van der Waals surface area contributed by atoms with Crippen LogP contribution in [0.25, 0.3) is 0 Å². The summed E-state index contributed by atoms with van der Waals surface area (Å²) in [6, 6.07) is 12.8. The molecule has 2 aliphatic rings. The largest absolute Gasteiger partial charge is 0.378 e. The van der Waals surface area contributed by atoms with Crippen molar-refractivity contribution in [3.8, 4) is 0 Å². The second-order valence-electron chi connectivity index (χ2n) is 8.12. The average molecular weight is 473 g/mol. The Bertz CT molecular complexity index is 1310. The van der Waals surface area contributed by atoms with Crippen LogP contribution >= 0.6 is 0 Å². The molecule has 4 amide bonds. The highest BCUT2D eigenvalue weighted by atomic mass is 16.5. The summed E-state index contributed by atoms with van der Waals surface area (Å²) in [6.07, 6.45) is 1.45. The number of nitrogens with zero attached hydrogens (tertiary/aromatic N) is 4. The van der Waals surface area contributed by atoms with Crippen molar-refractivity contribution in [3.05, 3.63) is 77.1 Å². The molecule has 10 nitrogen and oxygen atoms in total. The summed E-state index contributed by atoms with van der Waals surface area (Å²) in [4.78, 5) is 54.7. The van der Waals surface area contributed by atoms with Crippen LogP contribution in [0.4, 0.5) is 11.4 Å². The highest BCUT2D eigenvalue weighted by Gasteiger charge is 2.36. The van der Waals surface area contributed by atoms with Gasteiger partial charge in [0.15, 0.2) is 0 Å². The van der Waals surface area contributed by atoms with E-state index in [1.165, 1.54) is 12.3 Å². The van der Waals surface area contributed by atoms with Crippen molar-refractivity contribution >= 4 is 35.0 Å². The summed E-state index contributed by atoms with van der Waals surface area (Å²) in [6.45, 7) is 4.15. The van der Waals surface area contributed by atoms with E-state index in [1.54, 1.807) is 52.0 Å². The van der Waals surface area contributed by atoms with Crippen LogP contribution in [0.15, 0.2) is 54.7 Å². The summed E-state index contributed by atoms with van der Waals surface area (Å²) in [5, 5.41) is 7.02. The molecule has 2 aromatic carbocycles. The first-order valence-electron chi connectivity index (χ1n) is 11.3. The maximum atomic E-state index is 13.2. The van der Waals surface area contributed by atoms with Crippen molar-refractivity contribution in [2.24, 2.45) is 0 Å². The van der Waals surface area contributed by atoms with Gasteiger partial charge in [0, 0.05) is 25.2 Å². The van der Waals surface area contributed by atoms with Crippen molar-refractivity contribution in [2.75, 3.05) is 36.5 Å². The SMILES string of the molecule is CCn1ncc(NC(=O)c2cccc(N3C(=O)c4ccccc4C3=O)c2)c1C(=O)N1CCOCC1. The number of anilines is 2. The zero-order chi connectivity index (χ0) is 24.5. The minimum Gasteiger partial charge on any atom is -0.378 e. The molecule has 178 valence electrons. The van der Waals surface area contributed by atoms with Crippen molar-refractivity contribution in [1.29, 1.82) is 0 Å². The minimum absolute atomic E-state index is 0.230. The zero-order valence-corrected chi connectivity index (χ0v) is 19.1. The molecule has 10 heteroatoms. The Morgan fingerprint density at radius 1 is 1.00 bits per heavy atom.